The van der Waals surface area contributed by atoms with Gasteiger partial charge < -0.3 is 0 Å². The van der Waals surface area contributed by atoms with Gasteiger partial charge in [-0.2, -0.15) is 0 Å². The summed E-state index contributed by atoms with van der Waals surface area (Å²) in [5, 5.41) is 2.48. The van der Waals surface area contributed by atoms with Crippen LogP contribution in [0.5, 0.6) is 0 Å². The maximum Gasteiger partial charge on any atom is 0.116 e. The lowest BCUT2D eigenvalue weighted by Crippen LogP contribution is -2.28. The molecule has 0 N–H and O–H groups in total. The molecule has 0 saturated carbocycles. The molecular weight excluding hydrogens is 354 g/mol. The zero-order valence-corrected chi connectivity index (χ0v) is 16.6. The molecule has 29 heavy (non-hydrogen) atoms. The van der Waals surface area contributed by atoms with Crippen molar-refractivity contribution in [2.75, 3.05) is 13.1 Å². The molecule has 3 nitrogen and oxygen atoms in total. The van der Waals surface area contributed by atoms with Gasteiger partial charge in [0.25, 0.3) is 0 Å². The Morgan fingerprint density at radius 3 is 2.10 bits per heavy atom. The Kier molecular flexibility index (Phi) is 5.06. The van der Waals surface area contributed by atoms with Crippen molar-refractivity contribution in [3.8, 4) is 22.4 Å². The first-order valence-electron chi connectivity index (χ1n) is 10.5. The molecule has 0 aliphatic carbocycles. The van der Waals surface area contributed by atoms with Crippen LogP contribution in [-0.2, 0) is 6.54 Å². The highest BCUT2D eigenvalue weighted by molar-refractivity contribution is 5.90. The van der Waals surface area contributed by atoms with Gasteiger partial charge in [-0.25, -0.2) is 9.97 Å². The van der Waals surface area contributed by atoms with E-state index in [-0.39, 0.29) is 0 Å². The van der Waals surface area contributed by atoms with Gasteiger partial charge in [-0.15, -0.1) is 0 Å². The fourth-order valence-corrected chi connectivity index (χ4v) is 4.22. The van der Waals surface area contributed by atoms with Crippen LogP contribution in [0, 0.1) is 0 Å². The third kappa shape index (κ3) is 4.06. The van der Waals surface area contributed by atoms with Crippen molar-refractivity contribution in [2.24, 2.45) is 0 Å². The van der Waals surface area contributed by atoms with E-state index in [9.17, 15) is 0 Å². The van der Waals surface area contributed by atoms with Crippen LogP contribution in [0.4, 0.5) is 0 Å². The second-order valence-electron chi connectivity index (χ2n) is 7.91. The first-order chi connectivity index (χ1) is 14.3. The normalized spacial score (nSPS) is 14.9. The van der Waals surface area contributed by atoms with E-state index < -0.39 is 0 Å². The lowest BCUT2D eigenvalue weighted by Gasteiger charge is -2.26. The number of likely N-dealkylation sites (tertiary alicyclic amines) is 1. The lowest BCUT2D eigenvalue weighted by atomic mass is 9.98. The third-order valence-electron chi connectivity index (χ3n) is 5.86. The summed E-state index contributed by atoms with van der Waals surface area (Å²) in [6.45, 7) is 3.55. The van der Waals surface area contributed by atoms with Crippen molar-refractivity contribution in [3.63, 3.8) is 0 Å². The number of hydrogen-bond donors (Lipinski definition) is 0. The van der Waals surface area contributed by atoms with Crippen LogP contribution in [-0.4, -0.2) is 28.0 Å². The third-order valence-corrected chi connectivity index (χ3v) is 5.86. The number of benzene rings is 3. The van der Waals surface area contributed by atoms with Gasteiger partial charge in [-0.3, -0.25) is 4.90 Å². The highest BCUT2D eigenvalue weighted by Gasteiger charge is 2.10. The van der Waals surface area contributed by atoms with E-state index in [2.05, 4.69) is 75.5 Å². The summed E-state index contributed by atoms with van der Waals surface area (Å²) >= 11 is 0. The van der Waals surface area contributed by atoms with Crippen LogP contribution < -0.4 is 0 Å². The molecule has 144 valence electrons. The van der Waals surface area contributed by atoms with Crippen molar-refractivity contribution in [1.82, 2.24) is 14.9 Å². The Bertz CT molecular complexity index is 1100. The van der Waals surface area contributed by atoms with Gasteiger partial charge in [0.1, 0.15) is 6.33 Å². The number of nitrogens with zero attached hydrogens (tertiary/aromatic N) is 3. The van der Waals surface area contributed by atoms with Gasteiger partial charge in [0.15, 0.2) is 0 Å². The van der Waals surface area contributed by atoms with Gasteiger partial charge in [-0.1, -0.05) is 55.0 Å². The van der Waals surface area contributed by atoms with Crippen molar-refractivity contribution < 1.29 is 0 Å². The summed E-state index contributed by atoms with van der Waals surface area (Å²) in [5.74, 6) is 0. The average molecular weight is 380 g/mol. The van der Waals surface area contributed by atoms with Gasteiger partial charge in [0.05, 0.1) is 5.69 Å². The van der Waals surface area contributed by atoms with Crippen molar-refractivity contribution in [3.05, 3.63) is 84.8 Å². The molecule has 5 rings (SSSR count). The molecule has 0 bridgehead atoms. The summed E-state index contributed by atoms with van der Waals surface area (Å²) in [4.78, 5) is 10.9. The predicted molar refractivity (Wildman–Crippen MR) is 120 cm³/mol. The molecule has 1 aliphatic heterocycles. The molecule has 0 spiro atoms. The van der Waals surface area contributed by atoms with Gasteiger partial charge in [0.2, 0.25) is 0 Å². The Balaban J connectivity index is 1.37. The number of fused-ring (bicyclic) bond motifs is 1. The Labute approximate surface area is 172 Å². The second-order valence-corrected chi connectivity index (χ2v) is 7.91. The highest BCUT2D eigenvalue weighted by Crippen LogP contribution is 2.28. The molecule has 4 aromatic rings. The maximum absolute atomic E-state index is 4.36. The second kappa shape index (κ2) is 8.14. The number of hydrogen-bond acceptors (Lipinski definition) is 3. The quantitative estimate of drug-likeness (QED) is 0.439. The average Bonchev–Trinajstić information content (AvgIpc) is 2.80. The van der Waals surface area contributed by atoms with E-state index in [1.54, 1.807) is 12.5 Å². The van der Waals surface area contributed by atoms with Crippen LogP contribution in [0.1, 0.15) is 24.8 Å². The number of piperidine rings is 1. The Morgan fingerprint density at radius 2 is 1.38 bits per heavy atom. The van der Waals surface area contributed by atoms with Crippen molar-refractivity contribution >= 4 is 10.8 Å². The van der Waals surface area contributed by atoms with Crippen LogP contribution in [0.15, 0.2) is 79.3 Å². The summed E-state index contributed by atoms with van der Waals surface area (Å²) in [6, 6.07) is 24.2. The minimum atomic E-state index is 0.954. The standard InChI is InChI=1S/C26H25N3/c1-2-14-29(15-3-1)18-20-4-6-21(7-5-20)22-8-9-24-17-25(11-10-23(24)16-22)26-12-13-27-19-28-26/h4-13,16-17,19H,1-3,14-15,18H2. The minimum Gasteiger partial charge on any atom is -0.299 e. The summed E-state index contributed by atoms with van der Waals surface area (Å²) in [7, 11) is 0. The van der Waals surface area contributed by atoms with Gasteiger partial charge >= 0.3 is 0 Å². The topological polar surface area (TPSA) is 29.0 Å². The lowest BCUT2D eigenvalue weighted by molar-refractivity contribution is 0.221. The number of rotatable bonds is 4. The molecule has 3 heteroatoms. The molecule has 0 radical (unpaired) electrons. The van der Waals surface area contributed by atoms with Gasteiger partial charge in [0, 0.05) is 18.3 Å². The monoisotopic (exact) mass is 379 g/mol. The van der Waals surface area contributed by atoms with Crippen LogP contribution in [0.2, 0.25) is 0 Å². The van der Waals surface area contributed by atoms with Crippen LogP contribution >= 0.6 is 0 Å². The molecule has 1 aromatic heterocycles. The summed E-state index contributed by atoms with van der Waals surface area (Å²) in [5.41, 5.74) is 6.02. The molecule has 0 unspecified atom stereocenters. The molecule has 1 aliphatic rings. The SMILES string of the molecule is c1cc(-c2ccc3cc(-c4ccc(CN5CCCCC5)cc4)ccc3c2)ncn1. The van der Waals surface area contributed by atoms with Crippen molar-refractivity contribution in [1.29, 1.82) is 0 Å². The molecule has 0 amide bonds. The zero-order valence-electron chi connectivity index (χ0n) is 16.6. The highest BCUT2D eigenvalue weighted by atomic mass is 15.1. The number of aromatic nitrogens is 2. The van der Waals surface area contributed by atoms with E-state index >= 15 is 0 Å². The van der Waals surface area contributed by atoms with E-state index in [0.29, 0.717) is 0 Å². The summed E-state index contributed by atoms with van der Waals surface area (Å²) < 4.78 is 0. The minimum absolute atomic E-state index is 0.954. The van der Waals surface area contributed by atoms with Gasteiger partial charge in [-0.05, 0) is 71.6 Å². The Morgan fingerprint density at radius 1 is 0.690 bits per heavy atom. The maximum atomic E-state index is 4.36. The Hall–Kier alpha value is -3.04. The molecule has 2 heterocycles. The molecule has 1 fully saturated rings. The zero-order chi connectivity index (χ0) is 19.5. The fraction of sp³-hybridized carbons (Fsp3) is 0.231. The first kappa shape index (κ1) is 18.0. The molecule has 3 aromatic carbocycles. The fourth-order valence-electron chi connectivity index (χ4n) is 4.22. The predicted octanol–water partition coefficient (Wildman–Crippen LogP) is 5.95. The van der Waals surface area contributed by atoms with Crippen LogP contribution in [0.25, 0.3) is 33.2 Å². The smallest absolute Gasteiger partial charge is 0.116 e. The molecular formula is C26H25N3. The van der Waals surface area contributed by atoms with E-state index in [4.69, 9.17) is 0 Å². The molecule has 0 atom stereocenters. The van der Waals surface area contributed by atoms with E-state index in [0.717, 1.165) is 17.8 Å². The van der Waals surface area contributed by atoms with E-state index in [1.165, 1.54) is 59.8 Å². The van der Waals surface area contributed by atoms with Crippen molar-refractivity contribution in [2.45, 2.75) is 25.8 Å². The first-order valence-corrected chi connectivity index (χ1v) is 10.5. The van der Waals surface area contributed by atoms with Crippen LogP contribution in [0.3, 0.4) is 0 Å². The molecule has 1 saturated heterocycles. The van der Waals surface area contributed by atoms with E-state index in [1.807, 2.05) is 6.07 Å². The largest absolute Gasteiger partial charge is 0.299 e. The summed E-state index contributed by atoms with van der Waals surface area (Å²) in [6.07, 6.45) is 7.45.